The Bertz CT molecular complexity index is 325. The first-order valence-corrected chi connectivity index (χ1v) is 4.25. The van der Waals surface area contributed by atoms with E-state index in [2.05, 4.69) is 0 Å². The SMILES string of the molecule is O=C(O)CCC(O)c1ccccc1F. The lowest BCUT2D eigenvalue weighted by molar-refractivity contribution is -0.137. The molecule has 1 unspecified atom stereocenters. The van der Waals surface area contributed by atoms with Crippen LogP contribution in [0.1, 0.15) is 24.5 Å². The molecule has 1 aromatic rings. The van der Waals surface area contributed by atoms with E-state index in [1.807, 2.05) is 0 Å². The highest BCUT2D eigenvalue weighted by molar-refractivity contribution is 5.66. The van der Waals surface area contributed by atoms with Crippen molar-refractivity contribution in [1.29, 1.82) is 0 Å². The van der Waals surface area contributed by atoms with Gasteiger partial charge in [-0.2, -0.15) is 0 Å². The Morgan fingerprint density at radius 1 is 1.43 bits per heavy atom. The number of aliphatic carboxylic acids is 1. The van der Waals surface area contributed by atoms with Crippen LogP contribution in [0, 0.1) is 5.82 Å². The molecule has 0 spiro atoms. The lowest BCUT2D eigenvalue weighted by Gasteiger charge is -2.09. The molecule has 0 aliphatic carbocycles. The highest BCUT2D eigenvalue weighted by atomic mass is 19.1. The largest absolute Gasteiger partial charge is 0.481 e. The fraction of sp³-hybridized carbons (Fsp3) is 0.300. The van der Waals surface area contributed by atoms with Crippen LogP contribution in [0.3, 0.4) is 0 Å². The number of carboxylic acids is 1. The van der Waals surface area contributed by atoms with Gasteiger partial charge in [0, 0.05) is 12.0 Å². The summed E-state index contributed by atoms with van der Waals surface area (Å²) >= 11 is 0. The molecule has 0 saturated heterocycles. The maximum absolute atomic E-state index is 13.1. The minimum Gasteiger partial charge on any atom is -0.481 e. The van der Waals surface area contributed by atoms with Gasteiger partial charge in [0.25, 0.3) is 0 Å². The second kappa shape index (κ2) is 4.72. The van der Waals surface area contributed by atoms with Crippen LogP contribution in [0.15, 0.2) is 24.3 Å². The van der Waals surface area contributed by atoms with E-state index in [0.717, 1.165) is 0 Å². The standard InChI is InChI=1S/C10H11FO3/c11-8-4-2-1-3-7(8)9(12)5-6-10(13)14/h1-4,9,12H,5-6H2,(H,13,14). The lowest BCUT2D eigenvalue weighted by atomic mass is 10.0. The average molecular weight is 198 g/mol. The summed E-state index contributed by atoms with van der Waals surface area (Å²) in [7, 11) is 0. The molecular weight excluding hydrogens is 187 g/mol. The first kappa shape index (κ1) is 10.7. The summed E-state index contributed by atoms with van der Waals surface area (Å²) in [5, 5.41) is 17.8. The molecule has 1 atom stereocenters. The van der Waals surface area contributed by atoms with Crippen LogP contribution in [-0.2, 0) is 4.79 Å². The predicted octanol–water partition coefficient (Wildman–Crippen LogP) is 1.72. The smallest absolute Gasteiger partial charge is 0.303 e. The van der Waals surface area contributed by atoms with Crippen molar-refractivity contribution in [3.8, 4) is 0 Å². The maximum Gasteiger partial charge on any atom is 0.303 e. The van der Waals surface area contributed by atoms with Crippen molar-refractivity contribution in [2.75, 3.05) is 0 Å². The average Bonchev–Trinajstić information content (AvgIpc) is 2.15. The van der Waals surface area contributed by atoms with Gasteiger partial charge in [-0.15, -0.1) is 0 Å². The molecule has 0 aliphatic heterocycles. The first-order valence-electron chi connectivity index (χ1n) is 4.25. The Kier molecular flexibility index (Phi) is 3.59. The summed E-state index contributed by atoms with van der Waals surface area (Å²) in [5.74, 6) is -1.51. The molecule has 1 rings (SSSR count). The van der Waals surface area contributed by atoms with Crippen molar-refractivity contribution in [2.24, 2.45) is 0 Å². The lowest BCUT2D eigenvalue weighted by Crippen LogP contribution is -2.04. The number of aliphatic hydroxyl groups is 1. The van der Waals surface area contributed by atoms with Gasteiger partial charge in [0.15, 0.2) is 0 Å². The minimum absolute atomic E-state index is 0.0241. The Morgan fingerprint density at radius 3 is 2.64 bits per heavy atom. The molecule has 0 radical (unpaired) electrons. The zero-order valence-electron chi connectivity index (χ0n) is 7.48. The van der Waals surface area contributed by atoms with Crippen molar-refractivity contribution in [3.63, 3.8) is 0 Å². The summed E-state index contributed by atoms with van der Waals surface area (Å²) in [5.41, 5.74) is 0.147. The molecule has 14 heavy (non-hydrogen) atoms. The quantitative estimate of drug-likeness (QED) is 0.774. The topological polar surface area (TPSA) is 57.5 Å². The number of aliphatic hydroxyl groups excluding tert-OH is 1. The number of carbonyl (C=O) groups is 1. The summed E-state index contributed by atoms with van der Waals surface area (Å²) in [6, 6.07) is 5.80. The van der Waals surface area contributed by atoms with Gasteiger partial charge in [-0.05, 0) is 12.5 Å². The molecule has 2 N–H and O–H groups in total. The van der Waals surface area contributed by atoms with Crippen LogP contribution in [0.5, 0.6) is 0 Å². The Labute approximate surface area is 80.8 Å². The summed E-state index contributed by atoms with van der Waals surface area (Å²) < 4.78 is 13.1. The number of benzene rings is 1. The van der Waals surface area contributed by atoms with E-state index in [0.29, 0.717) is 0 Å². The summed E-state index contributed by atoms with van der Waals surface area (Å²) in [6.45, 7) is 0. The number of hydrogen-bond donors (Lipinski definition) is 2. The van der Waals surface area contributed by atoms with Crippen LogP contribution in [-0.4, -0.2) is 16.2 Å². The molecule has 0 amide bonds. The molecule has 76 valence electrons. The number of rotatable bonds is 4. The van der Waals surface area contributed by atoms with Crippen LogP contribution < -0.4 is 0 Å². The van der Waals surface area contributed by atoms with Crippen molar-refractivity contribution >= 4 is 5.97 Å². The fourth-order valence-electron chi connectivity index (χ4n) is 1.16. The van der Waals surface area contributed by atoms with E-state index in [4.69, 9.17) is 5.11 Å². The Hall–Kier alpha value is -1.42. The Balaban J connectivity index is 2.65. The van der Waals surface area contributed by atoms with Crippen molar-refractivity contribution in [2.45, 2.75) is 18.9 Å². The summed E-state index contributed by atoms with van der Waals surface area (Å²) in [4.78, 5) is 10.2. The van der Waals surface area contributed by atoms with Crippen LogP contribution in [0.2, 0.25) is 0 Å². The van der Waals surface area contributed by atoms with E-state index in [1.54, 1.807) is 6.07 Å². The maximum atomic E-state index is 13.1. The molecule has 0 saturated carbocycles. The van der Waals surface area contributed by atoms with Crippen LogP contribution >= 0.6 is 0 Å². The Morgan fingerprint density at radius 2 is 2.07 bits per heavy atom. The van der Waals surface area contributed by atoms with E-state index < -0.39 is 17.9 Å². The third-order valence-corrected chi connectivity index (χ3v) is 1.90. The fourth-order valence-corrected chi connectivity index (χ4v) is 1.16. The van der Waals surface area contributed by atoms with Crippen molar-refractivity contribution in [1.82, 2.24) is 0 Å². The monoisotopic (exact) mass is 198 g/mol. The van der Waals surface area contributed by atoms with Crippen LogP contribution in [0.4, 0.5) is 4.39 Å². The number of carboxylic acid groups (broad SMARTS) is 1. The third kappa shape index (κ3) is 2.81. The van der Waals surface area contributed by atoms with Gasteiger partial charge in [0.2, 0.25) is 0 Å². The molecular formula is C10H11FO3. The molecule has 0 fully saturated rings. The molecule has 0 aliphatic rings. The van der Waals surface area contributed by atoms with E-state index in [9.17, 15) is 14.3 Å². The number of halogens is 1. The van der Waals surface area contributed by atoms with E-state index >= 15 is 0 Å². The first-order chi connectivity index (χ1) is 6.61. The highest BCUT2D eigenvalue weighted by Crippen LogP contribution is 2.20. The van der Waals surface area contributed by atoms with E-state index in [1.165, 1.54) is 18.2 Å². The van der Waals surface area contributed by atoms with Crippen LogP contribution in [0.25, 0.3) is 0 Å². The third-order valence-electron chi connectivity index (χ3n) is 1.90. The normalized spacial score (nSPS) is 12.4. The van der Waals surface area contributed by atoms with Crippen molar-refractivity contribution in [3.05, 3.63) is 35.6 Å². The molecule has 0 aromatic heterocycles. The molecule has 0 bridgehead atoms. The number of hydrogen-bond acceptors (Lipinski definition) is 2. The predicted molar refractivity (Wildman–Crippen MR) is 48.2 cm³/mol. The zero-order chi connectivity index (χ0) is 10.6. The van der Waals surface area contributed by atoms with Gasteiger partial charge in [-0.1, -0.05) is 18.2 Å². The zero-order valence-corrected chi connectivity index (χ0v) is 7.48. The van der Waals surface area contributed by atoms with Gasteiger partial charge < -0.3 is 10.2 Å². The molecule has 3 nitrogen and oxygen atoms in total. The minimum atomic E-state index is -1.05. The van der Waals surface area contributed by atoms with Gasteiger partial charge in [-0.3, -0.25) is 4.79 Å². The molecule has 4 heteroatoms. The van der Waals surface area contributed by atoms with Gasteiger partial charge in [-0.25, -0.2) is 4.39 Å². The molecule has 1 aromatic carbocycles. The second-order valence-corrected chi connectivity index (χ2v) is 2.97. The van der Waals surface area contributed by atoms with Gasteiger partial charge in [0.05, 0.1) is 6.10 Å². The van der Waals surface area contributed by atoms with Gasteiger partial charge in [0.1, 0.15) is 5.82 Å². The molecule has 0 heterocycles. The summed E-state index contributed by atoms with van der Waals surface area (Å²) in [6.07, 6.45) is -1.20. The highest BCUT2D eigenvalue weighted by Gasteiger charge is 2.13. The van der Waals surface area contributed by atoms with Crippen molar-refractivity contribution < 1.29 is 19.4 Å². The second-order valence-electron chi connectivity index (χ2n) is 2.97. The van der Waals surface area contributed by atoms with E-state index in [-0.39, 0.29) is 18.4 Å². The van der Waals surface area contributed by atoms with Gasteiger partial charge >= 0.3 is 5.97 Å².